The van der Waals surface area contributed by atoms with E-state index < -0.39 is 0 Å². The van der Waals surface area contributed by atoms with Gasteiger partial charge in [-0.05, 0) is 37.7 Å². The van der Waals surface area contributed by atoms with Crippen LogP contribution in [0, 0.1) is 0 Å². The zero-order valence-electron chi connectivity index (χ0n) is 13.2. The van der Waals surface area contributed by atoms with E-state index >= 15 is 0 Å². The molecule has 1 aliphatic heterocycles. The number of likely N-dealkylation sites (tertiary alicyclic amines) is 1. The van der Waals surface area contributed by atoms with Gasteiger partial charge in [-0.25, -0.2) is 0 Å². The highest BCUT2D eigenvalue weighted by Crippen LogP contribution is 2.23. The lowest BCUT2D eigenvalue weighted by atomic mass is 10.0. The molecule has 0 saturated carbocycles. The summed E-state index contributed by atoms with van der Waals surface area (Å²) in [6, 6.07) is 3.54. The largest absolute Gasteiger partial charge is 0.445 e. The van der Waals surface area contributed by atoms with E-state index in [9.17, 15) is 9.59 Å². The van der Waals surface area contributed by atoms with Crippen LogP contribution in [0.3, 0.4) is 0 Å². The summed E-state index contributed by atoms with van der Waals surface area (Å²) in [5, 5.41) is 3.59. The van der Waals surface area contributed by atoms with Crippen LogP contribution in [0.5, 0.6) is 0 Å². The van der Waals surface area contributed by atoms with Gasteiger partial charge in [0.1, 0.15) is 0 Å². The third-order valence-corrected chi connectivity index (χ3v) is 4.41. The van der Waals surface area contributed by atoms with Gasteiger partial charge in [0.25, 0.3) is 5.91 Å². The van der Waals surface area contributed by atoms with Gasteiger partial charge in [0, 0.05) is 32.1 Å². The van der Waals surface area contributed by atoms with Gasteiger partial charge >= 0.3 is 0 Å². The summed E-state index contributed by atoms with van der Waals surface area (Å²) in [7, 11) is 0. The molecule has 1 saturated heterocycles. The number of hydrogen-bond acceptors (Lipinski definition) is 5. The summed E-state index contributed by atoms with van der Waals surface area (Å²) < 4.78 is 5.53. The Morgan fingerprint density at radius 3 is 2.87 bits per heavy atom. The number of rotatable bonds is 6. The van der Waals surface area contributed by atoms with Crippen LogP contribution in [0.2, 0.25) is 0 Å². The number of carbonyl (C=O) groups excluding carboxylic acids is 2. The highest BCUT2D eigenvalue weighted by molar-refractivity contribution is 7.98. The Balaban J connectivity index is 0.00000264. The monoisotopic (exact) mass is 361 g/mol. The second-order valence-electron chi connectivity index (χ2n) is 5.31. The van der Waals surface area contributed by atoms with Crippen LogP contribution in [-0.4, -0.2) is 48.6 Å². The zero-order valence-corrected chi connectivity index (χ0v) is 14.9. The summed E-state index contributed by atoms with van der Waals surface area (Å²) >= 11 is 1.47. The zero-order chi connectivity index (χ0) is 15.9. The van der Waals surface area contributed by atoms with Crippen molar-refractivity contribution >= 4 is 36.0 Å². The number of carbonyl (C=O) groups is 2. The van der Waals surface area contributed by atoms with E-state index in [0.717, 1.165) is 24.4 Å². The van der Waals surface area contributed by atoms with Gasteiger partial charge in [0.05, 0.1) is 0 Å². The van der Waals surface area contributed by atoms with Crippen LogP contribution in [0.4, 0.5) is 0 Å². The van der Waals surface area contributed by atoms with Crippen molar-refractivity contribution in [2.24, 2.45) is 5.73 Å². The van der Waals surface area contributed by atoms with Crippen molar-refractivity contribution in [1.29, 1.82) is 0 Å². The second-order valence-corrected chi connectivity index (χ2v) is 6.12. The fourth-order valence-electron chi connectivity index (χ4n) is 2.62. The minimum Gasteiger partial charge on any atom is -0.445 e. The Bertz CT molecular complexity index is 524. The molecule has 0 radical (unpaired) electrons. The maximum absolute atomic E-state index is 12.6. The molecule has 0 bridgehead atoms. The van der Waals surface area contributed by atoms with Gasteiger partial charge in [-0.3, -0.25) is 9.59 Å². The lowest BCUT2D eigenvalue weighted by Gasteiger charge is -2.35. The third kappa shape index (κ3) is 5.44. The molecular weight excluding hydrogens is 338 g/mol. The standard InChI is InChI=1S/C15H23N3O3S.ClH/c1-22-14-6-5-12(21-14)15(20)18-9-3-2-4-11(18)10-17-13(19)7-8-16;/h5-6,11H,2-4,7-10,16H2,1H3,(H,17,19);1H. The van der Waals surface area contributed by atoms with E-state index in [0.29, 0.717) is 31.8 Å². The van der Waals surface area contributed by atoms with Crippen molar-refractivity contribution in [1.82, 2.24) is 10.2 Å². The summed E-state index contributed by atoms with van der Waals surface area (Å²) in [5.41, 5.74) is 5.37. The number of furan rings is 1. The number of halogens is 1. The molecule has 0 spiro atoms. The molecule has 130 valence electrons. The highest BCUT2D eigenvalue weighted by atomic mass is 35.5. The normalized spacial score (nSPS) is 17.5. The topological polar surface area (TPSA) is 88.6 Å². The SMILES string of the molecule is CSc1ccc(C(=O)N2CCCCC2CNC(=O)CCN)o1.Cl. The van der Waals surface area contributed by atoms with E-state index in [-0.39, 0.29) is 30.3 Å². The molecule has 6 nitrogen and oxygen atoms in total. The summed E-state index contributed by atoms with van der Waals surface area (Å²) in [4.78, 5) is 26.0. The number of hydrogen-bond donors (Lipinski definition) is 2. The Kier molecular flexibility index (Phi) is 8.51. The molecule has 1 aliphatic rings. The molecule has 1 aromatic rings. The molecular formula is C15H24ClN3O3S. The Morgan fingerprint density at radius 1 is 1.43 bits per heavy atom. The van der Waals surface area contributed by atoms with Gasteiger partial charge in [0.15, 0.2) is 10.9 Å². The molecule has 1 fully saturated rings. The molecule has 0 aromatic carbocycles. The first-order valence-corrected chi connectivity index (χ1v) is 8.79. The van der Waals surface area contributed by atoms with Crippen LogP contribution in [0.1, 0.15) is 36.2 Å². The van der Waals surface area contributed by atoms with Gasteiger partial charge in [-0.1, -0.05) is 11.8 Å². The molecule has 2 heterocycles. The highest BCUT2D eigenvalue weighted by Gasteiger charge is 2.29. The van der Waals surface area contributed by atoms with Gasteiger partial charge in [0.2, 0.25) is 5.91 Å². The lowest BCUT2D eigenvalue weighted by Crippen LogP contribution is -2.49. The minimum absolute atomic E-state index is 0. The smallest absolute Gasteiger partial charge is 0.289 e. The molecule has 8 heteroatoms. The van der Waals surface area contributed by atoms with Crippen molar-refractivity contribution in [2.45, 2.75) is 36.8 Å². The van der Waals surface area contributed by atoms with Gasteiger partial charge in [-0.15, -0.1) is 12.4 Å². The first-order chi connectivity index (χ1) is 10.7. The predicted octanol–water partition coefficient (Wildman–Crippen LogP) is 1.88. The molecule has 2 amide bonds. The Morgan fingerprint density at radius 2 is 2.22 bits per heavy atom. The van der Waals surface area contributed by atoms with E-state index in [4.69, 9.17) is 10.2 Å². The second kappa shape index (κ2) is 9.85. The summed E-state index contributed by atoms with van der Waals surface area (Å²) in [6.07, 6.45) is 5.16. The number of piperidine rings is 1. The molecule has 1 aromatic heterocycles. The van der Waals surface area contributed by atoms with Crippen LogP contribution >= 0.6 is 24.2 Å². The summed E-state index contributed by atoms with van der Waals surface area (Å²) in [6.45, 7) is 1.51. The van der Waals surface area contributed by atoms with E-state index in [1.54, 1.807) is 12.1 Å². The Labute approximate surface area is 146 Å². The quantitative estimate of drug-likeness (QED) is 0.755. The first-order valence-electron chi connectivity index (χ1n) is 7.57. The van der Waals surface area contributed by atoms with Crippen molar-refractivity contribution < 1.29 is 14.0 Å². The molecule has 1 unspecified atom stereocenters. The fraction of sp³-hybridized carbons (Fsp3) is 0.600. The number of nitrogens with one attached hydrogen (secondary N) is 1. The molecule has 3 N–H and O–H groups in total. The van der Waals surface area contributed by atoms with E-state index in [1.165, 1.54) is 11.8 Å². The third-order valence-electron chi connectivity index (χ3n) is 3.79. The lowest BCUT2D eigenvalue weighted by molar-refractivity contribution is -0.121. The maximum Gasteiger partial charge on any atom is 0.289 e. The van der Waals surface area contributed by atoms with Crippen molar-refractivity contribution in [3.63, 3.8) is 0 Å². The van der Waals surface area contributed by atoms with E-state index in [2.05, 4.69) is 5.32 Å². The number of thioether (sulfide) groups is 1. The van der Waals surface area contributed by atoms with Gasteiger partial charge < -0.3 is 20.4 Å². The van der Waals surface area contributed by atoms with Crippen LogP contribution in [0.15, 0.2) is 21.6 Å². The minimum atomic E-state index is -0.0990. The molecule has 1 atom stereocenters. The van der Waals surface area contributed by atoms with Gasteiger partial charge in [-0.2, -0.15) is 0 Å². The average molecular weight is 362 g/mol. The number of amides is 2. The van der Waals surface area contributed by atoms with Crippen molar-refractivity contribution in [3.8, 4) is 0 Å². The predicted molar refractivity (Wildman–Crippen MR) is 93.1 cm³/mol. The van der Waals surface area contributed by atoms with Crippen molar-refractivity contribution in [2.75, 3.05) is 25.9 Å². The molecule has 0 aliphatic carbocycles. The molecule has 2 rings (SSSR count). The number of nitrogens with zero attached hydrogens (tertiary/aromatic N) is 1. The van der Waals surface area contributed by atoms with E-state index in [1.807, 2.05) is 11.2 Å². The fourth-order valence-corrected chi connectivity index (χ4v) is 2.99. The first kappa shape index (κ1) is 19.9. The van der Waals surface area contributed by atoms with Crippen molar-refractivity contribution in [3.05, 3.63) is 17.9 Å². The van der Waals surface area contributed by atoms with Crippen LogP contribution < -0.4 is 11.1 Å². The number of nitrogens with two attached hydrogens (primary N) is 1. The maximum atomic E-state index is 12.6. The molecule has 23 heavy (non-hydrogen) atoms. The van der Waals surface area contributed by atoms with Crippen LogP contribution in [0.25, 0.3) is 0 Å². The van der Waals surface area contributed by atoms with Crippen LogP contribution in [-0.2, 0) is 4.79 Å². The summed E-state index contributed by atoms with van der Waals surface area (Å²) in [5.74, 6) is 0.200. The average Bonchev–Trinajstić information content (AvgIpc) is 3.02. The Hall–Kier alpha value is -1.18.